The van der Waals surface area contributed by atoms with E-state index in [1.54, 1.807) is 41.5 Å². The number of nitrogens with one attached hydrogen (secondary N) is 1. The van der Waals surface area contributed by atoms with Crippen molar-refractivity contribution in [3.63, 3.8) is 0 Å². The van der Waals surface area contributed by atoms with Crippen LogP contribution in [0.4, 0.5) is 0 Å². The van der Waals surface area contributed by atoms with Crippen molar-refractivity contribution in [2.45, 2.75) is 52.7 Å². The van der Waals surface area contributed by atoms with Crippen LogP contribution < -0.4 is 5.32 Å². The maximum Gasteiger partial charge on any atom is 0.178 e. The summed E-state index contributed by atoms with van der Waals surface area (Å²) in [5.41, 5.74) is -1.06. The minimum Gasteiger partial charge on any atom is -0.366 e. The van der Waals surface area contributed by atoms with E-state index in [2.05, 4.69) is 5.32 Å². The lowest BCUT2D eigenvalue weighted by Crippen LogP contribution is -2.47. The van der Waals surface area contributed by atoms with E-state index in [1.165, 1.54) is 0 Å². The zero-order valence-electron chi connectivity index (χ0n) is 11.2. The summed E-state index contributed by atoms with van der Waals surface area (Å²) >= 11 is 6.11. The van der Waals surface area contributed by atoms with Crippen molar-refractivity contribution in [2.24, 2.45) is 5.92 Å². The van der Waals surface area contributed by atoms with Crippen LogP contribution in [0.5, 0.6) is 0 Å². The van der Waals surface area contributed by atoms with Gasteiger partial charge in [-0.1, -0.05) is 25.4 Å². The zero-order chi connectivity index (χ0) is 13.6. The van der Waals surface area contributed by atoms with Gasteiger partial charge in [0.1, 0.15) is 10.7 Å². The van der Waals surface area contributed by atoms with Gasteiger partial charge in [0.2, 0.25) is 0 Å². The van der Waals surface area contributed by atoms with Crippen molar-refractivity contribution in [3.8, 4) is 0 Å². The van der Waals surface area contributed by atoms with Crippen LogP contribution in [0.25, 0.3) is 0 Å². The number of carbonyl (C=O) groups excluding carboxylic acids is 1. The van der Waals surface area contributed by atoms with E-state index in [0.717, 1.165) is 5.06 Å². The average molecular weight is 260 g/mol. The molecule has 5 heteroatoms. The highest BCUT2D eigenvalue weighted by Gasteiger charge is 2.50. The van der Waals surface area contributed by atoms with Crippen molar-refractivity contribution in [1.29, 1.82) is 0 Å². The molecule has 0 atom stereocenters. The standard InChI is InChI=1S/C12H20ClN2O2/c1-7(2)9(16)8(13)10-11(3,4)15(17)12(5,6)14-10/h7,14H,1-6H3/b10-8+. The Hall–Kier alpha value is -0.580. The van der Waals surface area contributed by atoms with Gasteiger partial charge in [-0.05, 0) is 27.7 Å². The fourth-order valence-corrected chi connectivity index (χ4v) is 2.51. The lowest BCUT2D eigenvalue weighted by atomic mass is 9.98. The van der Waals surface area contributed by atoms with Gasteiger partial charge in [-0.25, -0.2) is 0 Å². The number of halogens is 1. The molecule has 97 valence electrons. The summed E-state index contributed by atoms with van der Waals surface area (Å²) in [4.78, 5) is 11.9. The van der Waals surface area contributed by atoms with Gasteiger partial charge in [0.15, 0.2) is 5.78 Å². The molecule has 0 aromatic rings. The molecule has 1 rings (SSSR count). The Morgan fingerprint density at radius 2 is 1.76 bits per heavy atom. The van der Waals surface area contributed by atoms with Gasteiger partial charge in [0.05, 0.1) is 11.2 Å². The van der Waals surface area contributed by atoms with E-state index in [9.17, 15) is 10.0 Å². The third-order valence-corrected chi connectivity index (χ3v) is 3.39. The van der Waals surface area contributed by atoms with Crippen molar-refractivity contribution in [2.75, 3.05) is 0 Å². The highest BCUT2D eigenvalue weighted by atomic mass is 35.5. The van der Waals surface area contributed by atoms with E-state index in [1.807, 2.05) is 0 Å². The van der Waals surface area contributed by atoms with Crippen LogP contribution in [0.15, 0.2) is 10.7 Å². The molecule has 1 saturated heterocycles. The van der Waals surface area contributed by atoms with Crippen molar-refractivity contribution in [3.05, 3.63) is 10.7 Å². The van der Waals surface area contributed by atoms with Crippen LogP contribution in [0.3, 0.4) is 0 Å². The highest BCUT2D eigenvalue weighted by Crippen LogP contribution is 2.38. The van der Waals surface area contributed by atoms with E-state index in [-0.39, 0.29) is 16.7 Å². The lowest BCUT2D eigenvalue weighted by Gasteiger charge is -2.29. The second-order valence-corrected chi connectivity index (χ2v) is 6.12. The van der Waals surface area contributed by atoms with Crippen molar-refractivity contribution >= 4 is 17.4 Å². The molecule has 0 aromatic carbocycles. The molecule has 1 aliphatic heterocycles. The monoisotopic (exact) mass is 259 g/mol. The zero-order valence-corrected chi connectivity index (χ0v) is 12.0. The first kappa shape index (κ1) is 14.5. The smallest absolute Gasteiger partial charge is 0.178 e. The largest absolute Gasteiger partial charge is 0.366 e. The van der Waals surface area contributed by atoms with Crippen LogP contribution in [0.2, 0.25) is 0 Å². The SMILES string of the molecule is CC(C)C(=O)/C(Cl)=C1\NC(C)(C)N([O])C1(C)C. The van der Waals surface area contributed by atoms with Gasteiger partial charge in [0.25, 0.3) is 0 Å². The van der Waals surface area contributed by atoms with Crippen LogP contribution in [-0.4, -0.2) is 22.0 Å². The van der Waals surface area contributed by atoms with Crippen molar-refractivity contribution < 1.29 is 10.0 Å². The minimum absolute atomic E-state index is 0.136. The van der Waals surface area contributed by atoms with Crippen LogP contribution in [-0.2, 0) is 10.0 Å². The summed E-state index contributed by atoms with van der Waals surface area (Å²) in [6.45, 7) is 10.6. The maximum atomic E-state index is 12.1. The predicted octanol–water partition coefficient (Wildman–Crippen LogP) is 2.43. The van der Waals surface area contributed by atoms with Gasteiger partial charge >= 0.3 is 0 Å². The second-order valence-electron chi connectivity index (χ2n) is 5.75. The second kappa shape index (κ2) is 4.26. The van der Waals surface area contributed by atoms with Gasteiger partial charge < -0.3 is 5.32 Å². The number of hydroxylamine groups is 2. The Bertz CT molecular complexity index is 373. The lowest BCUT2D eigenvalue weighted by molar-refractivity contribution is -0.243. The van der Waals surface area contributed by atoms with Gasteiger partial charge in [-0.3, -0.25) is 4.79 Å². The van der Waals surface area contributed by atoms with Crippen LogP contribution >= 0.6 is 11.6 Å². The number of nitrogens with zero attached hydrogens (tertiary/aromatic N) is 1. The third kappa shape index (κ3) is 2.34. The topological polar surface area (TPSA) is 52.2 Å². The van der Waals surface area contributed by atoms with E-state index in [4.69, 9.17) is 11.6 Å². The number of Topliss-reactive ketones (excluding diaryl/α,β-unsaturated/α-hetero) is 1. The summed E-state index contributed by atoms with van der Waals surface area (Å²) in [6.07, 6.45) is 0. The molecule has 17 heavy (non-hydrogen) atoms. The highest BCUT2D eigenvalue weighted by molar-refractivity contribution is 6.43. The van der Waals surface area contributed by atoms with E-state index < -0.39 is 11.2 Å². The molecule has 0 saturated carbocycles. The molecule has 1 heterocycles. The molecule has 0 spiro atoms. The number of hydrogen-bond donors (Lipinski definition) is 1. The molecule has 0 amide bonds. The molecule has 4 nitrogen and oxygen atoms in total. The van der Waals surface area contributed by atoms with Crippen LogP contribution in [0.1, 0.15) is 41.5 Å². The molecule has 1 N–H and O–H groups in total. The Balaban J connectivity index is 3.24. The maximum absolute atomic E-state index is 12.1. The minimum atomic E-state index is -0.814. The molecule has 1 radical (unpaired) electrons. The fourth-order valence-electron chi connectivity index (χ4n) is 2.01. The normalized spacial score (nSPS) is 25.9. The van der Waals surface area contributed by atoms with Gasteiger partial charge in [0, 0.05) is 5.92 Å². The molecular weight excluding hydrogens is 240 g/mol. The quantitative estimate of drug-likeness (QED) is 0.775. The van der Waals surface area contributed by atoms with Gasteiger partial charge in [-0.2, -0.15) is 0 Å². The van der Waals surface area contributed by atoms with Gasteiger partial charge in [-0.15, -0.1) is 10.3 Å². The molecule has 1 fully saturated rings. The summed E-state index contributed by atoms with van der Waals surface area (Å²) in [5, 5.41) is 16.2. The third-order valence-electron chi connectivity index (χ3n) is 3.02. The molecular formula is C12H20ClN2O2. The molecule has 0 aliphatic carbocycles. The average Bonchev–Trinajstić information content (AvgIpc) is 2.36. The summed E-state index contributed by atoms with van der Waals surface area (Å²) in [6, 6.07) is 0. The number of carbonyl (C=O) groups is 1. The number of ketones is 1. The predicted molar refractivity (Wildman–Crippen MR) is 66.5 cm³/mol. The van der Waals surface area contributed by atoms with E-state index in [0.29, 0.717) is 5.70 Å². The molecule has 1 aliphatic rings. The fraction of sp³-hybridized carbons (Fsp3) is 0.750. The summed E-state index contributed by atoms with van der Waals surface area (Å²) < 4.78 is 0. The van der Waals surface area contributed by atoms with Crippen molar-refractivity contribution in [1.82, 2.24) is 10.4 Å². The number of allylic oxidation sites excluding steroid dienone is 1. The molecule has 0 bridgehead atoms. The molecule has 0 unspecified atom stereocenters. The molecule has 0 aromatic heterocycles. The summed E-state index contributed by atoms with van der Waals surface area (Å²) in [7, 11) is 0. The Kier molecular flexibility index (Phi) is 3.63. The Morgan fingerprint density at radius 3 is 2.06 bits per heavy atom. The summed E-state index contributed by atoms with van der Waals surface area (Å²) in [5.74, 6) is -0.329. The first-order valence-electron chi connectivity index (χ1n) is 5.72. The number of rotatable bonds is 2. The Morgan fingerprint density at radius 1 is 1.29 bits per heavy atom. The number of hydrogen-bond acceptors (Lipinski definition) is 3. The van der Waals surface area contributed by atoms with Crippen LogP contribution in [0, 0.1) is 5.92 Å². The van der Waals surface area contributed by atoms with E-state index >= 15 is 0 Å². The first-order valence-corrected chi connectivity index (χ1v) is 6.09. The Labute approximate surface area is 108 Å². The first-order chi connectivity index (χ1) is 7.51.